The van der Waals surface area contributed by atoms with E-state index in [0.29, 0.717) is 37.4 Å². The number of ether oxygens (including phenoxy) is 1. The first-order valence-corrected chi connectivity index (χ1v) is 10.3. The van der Waals surface area contributed by atoms with Crippen molar-refractivity contribution in [2.24, 2.45) is 5.92 Å². The van der Waals surface area contributed by atoms with Crippen LogP contribution >= 0.6 is 0 Å². The van der Waals surface area contributed by atoms with Crippen molar-refractivity contribution in [1.82, 2.24) is 15.1 Å². The summed E-state index contributed by atoms with van der Waals surface area (Å²) in [6.07, 6.45) is 1.02. The van der Waals surface area contributed by atoms with Gasteiger partial charge in [0.2, 0.25) is 5.91 Å². The predicted octanol–water partition coefficient (Wildman–Crippen LogP) is 1.99. The molecule has 0 unspecified atom stereocenters. The molecule has 8 nitrogen and oxygen atoms in total. The van der Waals surface area contributed by atoms with Gasteiger partial charge in [0.15, 0.2) is 0 Å². The van der Waals surface area contributed by atoms with Crippen LogP contribution in [-0.4, -0.2) is 60.4 Å². The fourth-order valence-electron chi connectivity index (χ4n) is 4.00. The van der Waals surface area contributed by atoms with Gasteiger partial charge in [-0.3, -0.25) is 19.3 Å². The van der Waals surface area contributed by atoms with Crippen LogP contribution in [0.15, 0.2) is 24.3 Å². The van der Waals surface area contributed by atoms with Crippen LogP contribution in [0.3, 0.4) is 0 Å². The summed E-state index contributed by atoms with van der Waals surface area (Å²) in [5.41, 5.74) is 0.616. The number of hydrogen-bond acceptors (Lipinski definition) is 5. The van der Waals surface area contributed by atoms with Gasteiger partial charge in [0.05, 0.1) is 13.0 Å². The van der Waals surface area contributed by atoms with Gasteiger partial charge >= 0.3 is 12.0 Å². The van der Waals surface area contributed by atoms with Gasteiger partial charge in [-0.15, -0.1) is 0 Å². The molecule has 8 heteroatoms. The van der Waals surface area contributed by atoms with Gasteiger partial charge < -0.3 is 15.0 Å². The van der Waals surface area contributed by atoms with Crippen LogP contribution in [0.25, 0.3) is 0 Å². The number of imide groups is 1. The number of hydrogen-bond donors (Lipinski definition) is 1. The normalized spacial score (nSPS) is 22.4. The number of carbonyl (C=O) groups is 4. The standard InChI is InChI=1S/C22H29N3O5/c1-14(2)15-5-7-17(8-6-15)22(3)20(28)25(21(29)23-22)13-18(26)24-11-9-16(10-12-24)19(27)30-4/h5-8,14,16H,9-13H2,1-4H3,(H,23,29)/t22-/m1/s1. The highest BCUT2D eigenvalue weighted by molar-refractivity contribution is 6.09. The van der Waals surface area contributed by atoms with Crippen LogP contribution < -0.4 is 5.32 Å². The lowest BCUT2D eigenvalue weighted by atomic mass is 9.90. The molecule has 30 heavy (non-hydrogen) atoms. The van der Waals surface area contributed by atoms with Gasteiger partial charge in [-0.25, -0.2) is 4.79 Å². The molecule has 1 N–H and O–H groups in total. The average molecular weight is 415 g/mol. The van der Waals surface area contributed by atoms with E-state index in [9.17, 15) is 19.2 Å². The Balaban J connectivity index is 1.66. The van der Waals surface area contributed by atoms with Gasteiger partial charge in [-0.1, -0.05) is 38.1 Å². The Bertz CT molecular complexity index is 843. The Hall–Kier alpha value is -2.90. The SMILES string of the molecule is COC(=O)C1CCN(C(=O)CN2C(=O)N[C@](C)(c3ccc(C(C)C)cc3)C2=O)CC1. The maximum atomic E-state index is 13.1. The van der Waals surface area contributed by atoms with Gasteiger partial charge in [0, 0.05) is 13.1 Å². The van der Waals surface area contributed by atoms with E-state index in [4.69, 9.17) is 4.74 Å². The molecule has 0 radical (unpaired) electrons. The Morgan fingerprint density at radius 3 is 2.30 bits per heavy atom. The van der Waals surface area contributed by atoms with E-state index >= 15 is 0 Å². The van der Waals surface area contributed by atoms with Crippen LogP contribution in [-0.2, 0) is 24.7 Å². The van der Waals surface area contributed by atoms with Crippen molar-refractivity contribution >= 4 is 23.8 Å². The average Bonchev–Trinajstić information content (AvgIpc) is 2.97. The lowest BCUT2D eigenvalue weighted by Gasteiger charge is -2.31. The molecule has 4 amide bonds. The largest absolute Gasteiger partial charge is 0.469 e. The van der Waals surface area contributed by atoms with E-state index in [0.717, 1.165) is 10.5 Å². The van der Waals surface area contributed by atoms with E-state index in [-0.39, 0.29) is 24.3 Å². The van der Waals surface area contributed by atoms with E-state index in [2.05, 4.69) is 19.2 Å². The first-order valence-electron chi connectivity index (χ1n) is 10.3. The Morgan fingerprint density at radius 1 is 1.17 bits per heavy atom. The molecule has 0 bridgehead atoms. The lowest BCUT2D eigenvalue weighted by Crippen LogP contribution is -2.47. The number of esters is 1. The van der Waals surface area contributed by atoms with Gasteiger partial charge in [0.1, 0.15) is 12.1 Å². The third-order valence-electron chi connectivity index (χ3n) is 6.11. The summed E-state index contributed by atoms with van der Waals surface area (Å²) >= 11 is 0. The second-order valence-electron chi connectivity index (χ2n) is 8.40. The fraction of sp³-hybridized carbons (Fsp3) is 0.545. The second kappa shape index (κ2) is 8.45. The number of methoxy groups -OCH3 is 1. The smallest absolute Gasteiger partial charge is 0.325 e. The molecule has 2 aliphatic heterocycles. The Morgan fingerprint density at radius 2 is 1.77 bits per heavy atom. The number of urea groups is 1. The van der Waals surface area contributed by atoms with Crippen LogP contribution in [0.1, 0.15) is 50.7 Å². The molecular formula is C22H29N3O5. The summed E-state index contributed by atoms with van der Waals surface area (Å²) in [7, 11) is 1.35. The molecule has 3 rings (SSSR count). The third-order valence-corrected chi connectivity index (χ3v) is 6.11. The molecule has 2 heterocycles. The minimum absolute atomic E-state index is 0.215. The second-order valence-corrected chi connectivity index (χ2v) is 8.40. The molecule has 2 aliphatic rings. The molecule has 2 saturated heterocycles. The zero-order chi connectivity index (χ0) is 22.1. The van der Waals surface area contributed by atoms with E-state index in [1.165, 1.54) is 7.11 Å². The van der Waals surface area contributed by atoms with E-state index in [1.54, 1.807) is 11.8 Å². The molecule has 0 saturated carbocycles. The zero-order valence-electron chi connectivity index (χ0n) is 17.9. The molecule has 2 fully saturated rings. The number of piperidine rings is 1. The maximum Gasteiger partial charge on any atom is 0.325 e. The van der Waals surface area contributed by atoms with E-state index < -0.39 is 17.5 Å². The van der Waals surface area contributed by atoms with Crippen LogP contribution in [0.2, 0.25) is 0 Å². The quantitative estimate of drug-likeness (QED) is 0.586. The van der Waals surface area contributed by atoms with Crippen LogP contribution in [0.5, 0.6) is 0 Å². The summed E-state index contributed by atoms with van der Waals surface area (Å²) in [5, 5.41) is 2.74. The molecule has 162 valence electrons. The minimum atomic E-state index is -1.20. The highest BCUT2D eigenvalue weighted by Gasteiger charge is 2.49. The monoisotopic (exact) mass is 415 g/mol. The van der Waals surface area contributed by atoms with Crippen molar-refractivity contribution in [3.8, 4) is 0 Å². The van der Waals surface area contributed by atoms with Crippen molar-refractivity contribution in [3.63, 3.8) is 0 Å². The van der Waals surface area contributed by atoms with Crippen molar-refractivity contribution in [1.29, 1.82) is 0 Å². The summed E-state index contributed by atoms with van der Waals surface area (Å²) in [6.45, 7) is 6.31. The molecule has 0 aliphatic carbocycles. The van der Waals surface area contributed by atoms with Gasteiger partial charge in [-0.2, -0.15) is 0 Å². The fourth-order valence-corrected chi connectivity index (χ4v) is 4.00. The van der Waals surface area contributed by atoms with Crippen LogP contribution in [0.4, 0.5) is 4.79 Å². The highest BCUT2D eigenvalue weighted by Crippen LogP contribution is 2.30. The minimum Gasteiger partial charge on any atom is -0.469 e. The van der Waals surface area contributed by atoms with Crippen molar-refractivity contribution in [2.75, 3.05) is 26.7 Å². The molecule has 0 spiro atoms. The number of rotatable bonds is 5. The molecular weight excluding hydrogens is 386 g/mol. The topological polar surface area (TPSA) is 96.0 Å². The Kier molecular flexibility index (Phi) is 6.14. The van der Waals surface area contributed by atoms with Gasteiger partial charge in [-0.05, 0) is 36.8 Å². The number of nitrogens with one attached hydrogen (secondary N) is 1. The van der Waals surface area contributed by atoms with Gasteiger partial charge in [0.25, 0.3) is 5.91 Å². The first kappa shape index (κ1) is 21.8. The van der Waals surface area contributed by atoms with Crippen molar-refractivity contribution < 1.29 is 23.9 Å². The summed E-state index contributed by atoms with van der Waals surface area (Å²) < 4.78 is 4.76. The maximum absolute atomic E-state index is 13.1. The predicted molar refractivity (Wildman–Crippen MR) is 109 cm³/mol. The summed E-state index contributed by atoms with van der Waals surface area (Å²) in [5.74, 6) is -0.870. The molecule has 1 aromatic carbocycles. The van der Waals surface area contributed by atoms with Crippen molar-refractivity contribution in [2.45, 2.75) is 45.1 Å². The molecule has 1 atom stereocenters. The summed E-state index contributed by atoms with van der Waals surface area (Å²) in [4.78, 5) is 52.5. The molecule has 1 aromatic rings. The Labute approximate surface area is 176 Å². The van der Waals surface area contributed by atoms with Crippen molar-refractivity contribution in [3.05, 3.63) is 35.4 Å². The number of likely N-dealkylation sites (tertiary alicyclic amines) is 1. The number of benzene rings is 1. The number of amides is 4. The summed E-state index contributed by atoms with van der Waals surface area (Å²) in [6, 6.07) is 7.01. The first-order chi connectivity index (χ1) is 14.2. The molecule has 0 aromatic heterocycles. The van der Waals surface area contributed by atoms with Crippen LogP contribution in [0, 0.1) is 5.92 Å². The number of nitrogens with zero attached hydrogens (tertiary/aromatic N) is 2. The third kappa shape index (κ3) is 4.04. The van der Waals surface area contributed by atoms with E-state index in [1.807, 2.05) is 24.3 Å². The zero-order valence-corrected chi connectivity index (χ0v) is 17.9. The lowest BCUT2D eigenvalue weighted by molar-refractivity contribution is -0.149. The number of carbonyl (C=O) groups excluding carboxylic acids is 4. The highest BCUT2D eigenvalue weighted by atomic mass is 16.5.